The van der Waals surface area contributed by atoms with Crippen molar-refractivity contribution in [2.24, 2.45) is 0 Å². The summed E-state index contributed by atoms with van der Waals surface area (Å²) in [6.07, 6.45) is 3.98. The monoisotopic (exact) mass is 478 g/mol. The number of amides is 2. The van der Waals surface area contributed by atoms with Crippen LogP contribution >= 0.6 is 34.7 Å². The molecule has 3 aromatic rings. The number of halogens is 1. The molecule has 7 nitrogen and oxygen atoms in total. The quantitative estimate of drug-likeness (QED) is 0.332. The van der Waals surface area contributed by atoms with Gasteiger partial charge in [-0.1, -0.05) is 23.4 Å². The van der Waals surface area contributed by atoms with Crippen LogP contribution in [0.2, 0.25) is 5.02 Å². The van der Waals surface area contributed by atoms with Gasteiger partial charge >= 0.3 is 0 Å². The molecule has 2 aromatic heterocycles. The third-order valence-electron chi connectivity index (χ3n) is 5.01. The van der Waals surface area contributed by atoms with Crippen LogP contribution in [-0.2, 0) is 22.4 Å². The Morgan fingerprint density at radius 2 is 2.16 bits per heavy atom. The molecule has 2 amide bonds. The second-order valence-electron chi connectivity index (χ2n) is 7.20. The average Bonchev–Trinajstić information content (AvgIpc) is 3.32. The highest BCUT2D eigenvalue weighted by molar-refractivity contribution is 7.99. The fraction of sp³-hybridized carbons (Fsp3) is 0.381. The van der Waals surface area contributed by atoms with Crippen molar-refractivity contribution in [2.45, 2.75) is 30.8 Å². The Balaban J connectivity index is 1.45. The molecule has 4 rings (SSSR count). The summed E-state index contributed by atoms with van der Waals surface area (Å²) < 4.78 is 5.02. The molecule has 2 heterocycles. The molecular weight excluding hydrogens is 456 g/mol. The lowest BCUT2D eigenvalue weighted by Crippen LogP contribution is -2.29. The Labute approximate surface area is 193 Å². The van der Waals surface area contributed by atoms with Crippen LogP contribution in [0, 0.1) is 0 Å². The van der Waals surface area contributed by atoms with Gasteiger partial charge in [-0.25, -0.2) is 4.98 Å². The minimum Gasteiger partial charge on any atom is -0.383 e. The summed E-state index contributed by atoms with van der Waals surface area (Å²) in [6, 6.07) is 5.42. The normalized spacial score (nSPS) is 13.2. The van der Waals surface area contributed by atoms with Gasteiger partial charge in [0.25, 0.3) is 5.91 Å². The van der Waals surface area contributed by atoms with Crippen molar-refractivity contribution in [3.8, 4) is 0 Å². The lowest BCUT2D eigenvalue weighted by atomic mass is 9.95. The van der Waals surface area contributed by atoms with Gasteiger partial charge < -0.3 is 20.4 Å². The topological polar surface area (TPSA) is 96.1 Å². The highest BCUT2D eigenvalue weighted by atomic mass is 35.5. The lowest BCUT2D eigenvalue weighted by molar-refractivity contribution is -0.113. The molecule has 10 heteroatoms. The zero-order valence-electron chi connectivity index (χ0n) is 17.0. The van der Waals surface area contributed by atoms with Crippen molar-refractivity contribution in [2.75, 3.05) is 31.3 Å². The molecule has 1 aromatic carbocycles. The minimum atomic E-state index is -0.173. The van der Waals surface area contributed by atoms with E-state index in [1.807, 2.05) is 6.07 Å². The maximum absolute atomic E-state index is 12.8. The van der Waals surface area contributed by atoms with Crippen LogP contribution in [0.25, 0.3) is 11.0 Å². The van der Waals surface area contributed by atoms with Gasteiger partial charge in [0.2, 0.25) is 5.91 Å². The molecule has 0 aliphatic heterocycles. The van der Waals surface area contributed by atoms with E-state index in [0.29, 0.717) is 33.9 Å². The number of imidazole rings is 1. The van der Waals surface area contributed by atoms with Crippen molar-refractivity contribution in [3.63, 3.8) is 0 Å². The van der Waals surface area contributed by atoms with Crippen LogP contribution in [0.5, 0.6) is 0 Å². The van der Waals surface area contributed by atoms with Crippen LogP contribution in [0.15, 0.2) is 23.4 Å². The van der Waals surface area contributed by atoms with Gasteiger partial charge in [-0.2, -0.15) is 0 Å². The molecule has 0 saturated heterocycles. The van der Waals surface area contributed by atoms with E-state index < -0.39 is 0 Å². The van der Waals surface area contributed by atoms with Crippen molar-refractivity contribution in [3.05, 3.63) is 39.2 Å². The number of carbonyl (C=O) groups excluding carboxylic acids is 2. The smallest absolute Gasteiger partial charge is 0.254 e. The van der Waals surface area contributed by atoms with E-state index >= 15 is 0 Å². The van der Waals surface area contributed by atoms with Crippen LogP contribution in [0.4, 0.5) is 5.00 Å². The van der Waals surface area contributed by atoms with E-state index in [9.17, 15) is 9.59 Å². The molecule has 3 N–H and O–H groups in total. The number of nitrogens with zero attached hydrogens (tertiary/aromatic N) is 1. The molecule has 0 atom stereocenters. The highest BCUT2D eigenvalue weighted by Gasteiger charge is 2.26. The summed E-state index contributed by atoms with van der Waals surface area (Å²) in [7, 11) is 1.60. The number of methoxy groups -OCH3 is 1. The van der Waals surface area contributed by atoms with E-state index in [0.717, 1.165) is 42.3 Å². The summed E-state index contributed by atoms with van der Waals surface area (Å²) in [5.74, 6) is -0.150. The van der Waals surface area contributed by atoms with Crippen LogP contribution in [0.3, 0.4) is 0 Å². The summed E-state index contributed by atoms with van der Waals surface area (Å²) >= 11 is 8.84. The maximum atomic E-state index is 12.8. The first kappa shape index (κ1) is 22.1. The number of thiophene rings is 1. The first-order valence-corrected chi connectivity index (χ1v) is 12.2. The van der Waals surface area contributed by atoms with E-state index in [2.05, 4.69) is 20.6 Å². The van der Waals surface area contributed by atoms with Crippen molar-refractivity contribution in [1.29, 1.82) is 0 Å². The SMILES string of the molecule is COCCNC(=O)c1c(NC(=O)CSc2nc3ccc(Cl)cc3[nH]2)sc2c1CCCC2. The number of hydrogen-bond donors (Lipinski definition) is 3. The minimum absolute atomic E-state index is 0.159. The zero-order chi connectivity index (χ0) is 21.8. The van der Waals surface area contributed by atoms with Crippen molar-refractivity contribution < 1.29 is 14.3 Å². The second kappa shape index (κ2) is 10.0. The molecule has 164 valence electrons. The molecule has 0 radical (unpaired) electrons. The van der Waals surface area contributed by atoms with Crippen LogP contribution in [0.1, 0.15) is 33.6 Å². The van der Waals surface area contributed by atoms with Crippen LogP contribution < -0.4 is 10.6 Å². The Morgan fingerprint density at radius 3 is 3.00 bits per heavy atom. The first-order chi connectivity index (χ1) is 15.0. The molecule has 31 heavy (non-hydrogen) atoms. The van der Waals surface area contributed by atoms with E-state index in [1.54, 1.807) is 19.2 Å². The lowest BCUT2D eigenvalue weighted by Gasteiger charge is -2.13. The molecular formula is C21H23ClN4O3S2. The van der Waals surface area contributed by atoms with Gasteiger partial charge in [0.05, 0.1) is 29.0 Å². The van der Waals surface area contributed by atoms with Crippen molar-refractivity contribution >= 4 is 62.5 Å². The number of hydrogen-bond acceptors (Lipinski definition) is 6. The fourth-order valence-electron chi connectivity index (χ4n) is 3.57. The van der Waals surface area contributed by atoms with Gasteiger partial charge in [0, 0.05) is 23.6 Å². The molecule has 0 saturated carbocycles. The number of rotatable bonds is 8. The first-order valence-electron chi connectivity index (χ1n) is 10.0. The average molecular weight is 479 g/mol. The summed E-state index contributed by atoms with van der Waals surface area (Å²) in [5, 5.41) is 7.75. The second-order valence-corrected chi connectivity index (χ2v) is 9.71. The summed E-state index contributed by atoms with van der Waals surface area (Å²) in [6.45, 7) is 0.873. The number of nitrogens with one attached hydrogen (secondary N) is 3. The molecule has 0 spiro atoms. The van der Waals surface area contributed by atoms with Gasteiger partial charge in [0.1, 0.15) is 5.00 Å². The van der Waals surface area contributed by atoms with Gasteiger partial charge in [-0.15, -0.1) is 11.3 Å². The maximum Gasteiger partial charge on any atom is 0.254 e. The fourth-order valence-corrected chi connectivity index (χ4v) is 5.73. The largest absolute Gasteiger partial charge is 0.383 e. The Bertz CT molecular complexity index is 1110. The molecule has 0 fully saturated rings. The van der Waals surface area contributed by atoms with Gasteiger partial charge in [-0.05, 0) is 49.4 Å². The molecule has 1 aliphatic carbocycles. The van der Waals surface area contributed by atoms with E-state index in [-0.39, 0.29) is 17.6 Å². The number of aromatic nitrogens is 2. The number of fused-ring (bicyclic) bond motifs is 2. The molecule has 0 bridgehead atoms. The number of benzene rings is 1. The molecule has 1 aliphatic rings. The van der Waals surface area contributed by atoms with Crippen molar-refractivity contribution in [1.82, 2.24) is 15.3 Å². The van der Waals surface area contributed by atoms with Gasteiger partial charge in [0.15, 0.2) is 5.16 Å². The third kappa shape index (κ3) is 5.23. The molecule has 0 unspecified atom stereocenters. The number of ether oxygens (including phenoxy) is 1. The Hall–Kier alpha value is -2.07. The number of aromatic amines is 1. The highest BCUT2D eigenvalue weighted by Crippen LogP contribution is 2.38. The Kier molecular flexibility index (Phi) is 7.16. The number of H-pyrrole nitrogens is 1. The van der Waals surface area contributed by atoms with Gasteiger partial charge in [-0.3, -0.25) is 9.59 Å². The summed E-state index contributed by atoms with van der Waals surface area (Å²) in [5.41, 5.74) is 3.31. The number of aryl methyl sites for hydroxylation is 1. The number of thioether (sulfide) groups is 1. The van der Waals surface area contributed by atoms with E-state index in [1.165, 1.54) is 28.0 Å². The Morgan fingerprint density at radius 1 is 1.32 bits per heavy atom. The predicted octanol–water partition coefficient (Wildman–Crippen LogP) is 4.26. The predicted molar refractivity (Wildman–Crippen MR) is 126 cm³/mol. The van der Waals surface area contributed by atoms with E-state index in [4.69, 9.17) is 16.3 Å². The summed E-state index contributed by atoms with van der Waals surface area (Å²) in [4.78, 5) is 34.3. The number of carbonyl (C=O) groups is 2. The zero-order valence-corrected chi connectivity index (χ0v) is 19.4. The number of anilines is 1. The van der Waals surface area contributed by atoms with Crippen LogP contribution in [-0.4, -0.2) is 47.8 Å². The standard InChI is InChI=1S/C21H23ClN4O3S2/c1-29-9-8-23-19(28)18-13-4-2-3-5-16(13)31-20(18)26-17(27)11-30-21-24-14-7-6-12(22)10-15(14)25-21/h6-7,10H,2-5,8-9,11H2,1H3,(H,23,28)(H,24,25)(H,26,27). The third-order valence-corrected chi connectivity index (χ3v) is 7.32.